The van der Waals surface area contributed by atoms with E-state index in [0.29, 0.717) is 6.07 Å². The Balaban J connectivity index is 2.21. The molecule has 0 saturated carbocycles. The van der Waals surface area contributed by atoms with Crippen LogP contribution in [0.4, 0.5) is 23.4 Å². The van der Waals surface area contributed by atoms with Crippen LogP contribution >= 0.6 is 0 Å². The van der Waals surface area contributed by atoms with Gasteiger partial charge in [0.1, 0.15) is 5.82 Å². The second kappa shape index (κ2) is 5.58. The van der Waals surface area contributed by atoms with Crippen molar-refractivity contribution in [2.75, 3.05) is 5.73 Å². The number of anilines is 1. The Morgan fingerprint density at radius 2 is 1.77 bits per heavy atom. The Morgan fingerprint density at radius 1 is 1.12 bits per heavy atom. The molecule has 0 saturated heterocycles. The van der Waals surface area contributed by atoms with E-state index in [4.69, 9.17) is 5.73 Å². The van der Waals surface area contributed by atoms with E-state index in [1.54, 1.807) is 0 Å². The van der Waals surface area contributed by atoms with Crippen LogP contribution in [-0.2, 0) is 0 Å². The number of nitrogen functional groups attached to an aromatic ring is 1. The lowest BCUT2D eigenvalue weighted by molar-refractivity contribution is -0.275. The average Bonchev–Trinajstić information content (AvgIpc) is 2.77. The van der Waals surface area contributed by atoms with Gasteiger partial charge < -0.3 is 10.5 Å². The molecule has 11 heteroatoms. The number of nitrogens with zero attached hydrogens (tertiary/aromatic N) is 1. The van der Waals surface area contributed by atoms with Crippen LogP contribution in [0.15, 0.2) is 23.0 Å². The molecule has 26 heavy (non-hydrogen) atoms. The monoisotopic (exact) mass is 371 g/mol. The number of amides is 2. The van der Waals surface area contributed by atoms with Crippen molar-refractivity contribution in [2.24, 2.45) is 0 Å². The van der Waals surface area contributed by atoms with E-state index < -0.39 is 41.1 Å². The summed E-state index contributed by atoms with van der Waals surface area (Å²) in [5, 5.41) is 1.96. The summed E-state index contributed by atoms with van der Waals surface area (Å²) in [5.41, 5.74) is 4.24. The van der Waals surface area contributed by atoms with E-state index in [1.165, 1.54) is 6.92 Å². The smallest absolute Gasteiger partial charge is 0.403 e. The number of carbonyl (C=O) groups is 2. The van der Waals surface area contributed by atoms with Gasteiger partial charge in [-0.25, -0.2) is 4.39 Å². The fourth-order valence-electron chi connectivity index (χ4n) is 2.62. The van der Waals surface area contributed by atoms with Crippen molar-refractivity contribution in [3.05, 3.63) is 51.1 Å². The Morgan fingerprint density at radius 3 is 2.38 bits per heavy atom. The van der Waals surface area contributed by atoms with Crippen LogP contribution in [0.1, 0.15) is 26.3 Å². The number of hydrogen-bond donors (Lipinski definition) is 2. The van der Waals surface area contributed by atoms with Crippen LogP contribution in [0.2, 0.25) is 0 Å². The average molecular weight is 371 g/mol. The topological polar surface area (TPSA) is 103 Å². The molecule has 136 valence electrons. The summed E-state index contributed by atoms with van der Waals surface area (Å²) in [4.78, 5) is 35.7. The highest BCUT2D eigenvalue weighted by Gasteiger charge is 2.34. The van der Waals surface area contributed by atoms with Gasteiger partial charge in [-0.1, -0.05) is 0 Å². The minimum Gasteiger partial charge on any atom is -0.403 e. The van der Waals surface area contributed by atoms with Crippen molar-refractivity contribution in [3.8, 4) is 11.4 Å². The van der Waals surface area contributed by atoms with Crippen LogP contribution in [0.5, 0.6) is 5.75 Å². The fourth-order valence-corrected chi connectivity index (χ4v) is 2.62. The van der Waals surface area contributed by atoms with Gasteiger partial charge in [-0.2, -0.15) is 0 Å². The summed E-state index contributed by atoms with van der Waals surface area (Å²) < 4.78 is 55.2. The van der Waals surface area contributed by atoms with E-state index in [9.17, 15) is 31.9 Å². The van der Waals surface area contributed by atoms with E-state index >= 15 is 0 Å². The van der Waals surface area contributed by atoms with Crippen LogP contribution in [0.25, 0.3) is 5.69 Å². The molecule has 7 nitrogen and oxygen atoms in total. The molecule has 0 spiro atoms. The third-order valence-electron chi connectivity index (χ3n) is 3.67. The molecule has 2 amide bonds. The summed E-state index contributed by atoms with van der Waals surface area (Å²) in [6, 6.07) is 2.20. The van der Waals surface area contributed by atoms with Gasteiger partial charge >= 0.3 is 6.36 Å². The first-order valence-electron chi connectivity index (χ1n) is 6.97. The maximum Gasteiger partial charge on any atom is 0.573 e. The lowest BCUT2D eigenvalue weighted by Gasteiger charge is -2.16. The predicted molar refractivity (Wildman–Crippen MR) is 79.6 cm³/mol. The molecule has 0 atom stereocenters. The Hall–Kier alpha value is -3.37. The highest BCUT2D eigenvalue weighted by molar-refractivity contribution is 6.23. The van der Waals surface area contributed by atoms with Crippen molar-refractivity contribution in [2.45, 2.75) is 13.3 Å². The summed E-state index contributed by atoms with van der Waals surface area (Å²) in [6.45, 7) is 1.29. The highest BCUT2D eigenvalue weighted by Crippen LogP contribution is 2.31. The van der Waals surface area contributed by atoms with Crippen LogP contribution < -0.4 is 21.3 Å². The minimum absolute atomic E-state index is 0.0177. The molecular formula is C15H9F4N3O4. The van der Waals surface area contributed by atoms with Crippen molar-refractivity contribution < 1.29 is 31.9 Å². The van der Waals surface area contributed by atoms with E-state index in [2.05, 4.69) is 4.74 Å². The molecule has 3 rings (SSSR count). The number of benzene rings is 1. The number of alkyl halides is 3. The molecule has 0 radical (unpaired) electrons. The number of aryl methyl sites for hydroxylation is 1. The van der Waals surface area contributed by atoms with Gasteiger partial charge in [0.15, 0.2) is 11.6 Å². The van der Waals surface area contributed by atoms with Crippen molar-refractivity contribution in [3.63, 3.8) is 0 Å². The van der Waals surface area contributed by atoms with E-state index in [1.807, 2.05) is 5.32 Å². The third-order valence-corrected chi connectivity index (χ3v) is 3.67. The number of hydrogen-bond acceptors (Lipinski definition) is 5. The van der Waals surface area contributed by atoms with Gasteiger partial charge in [-0.05, 0) is 18.6 Å². The quantitative estimate of drug-likeness (QED) is 0.617. The molecule has 0 fully saturated rings. The van der Waals surface area contributed by atoms with Crippen molar-refractivity contribution in [1.82, 2.24) is 9.88 Å². The van der Waals surface area contributed by atoms with E-state index in [-0.39, 0.29) is 22.4 Å². The second-order valence-electron chi connectivity index (χ2n) is 5.39. The number of fused-ring (bicyclic) bond motifs is 1. The zero-order chi connectivity index (χ0) is 19.4. The predicted octanol–water partition coefficient (Wildman–Crippen LogP) is 1.65. The van der Waals surface area contributed by atoms with E-state index in [0.717, 1.165) is 16.7 Å². The molecule has 1 aromatic carbocycles. The van der Waals surface area contributed by atoms with Gasteiger partial charge in [0.25, 0.3) is 17.4 Å². The largest absolute Gasteiger partial charge is 0.573 e. The van der Waals surface area contributed by atoms with Gasteiger partial charge in [0.2, 0.25) is 0 Å². The number of pyridine rings is 1. The highest BCUT2D eigenvalue weighted by atomic mass is 19.4. The standard InChI is InChI=1S/C15H9F4N3O4/c1-5-2-9(26-15(17,18)19)7(16)4-8(5)22-10(23)3-6-11(12(22)20)14(25)21-13(6)24/h2-4H,20H2,1H3,(H,21,24,25). The molecule has 1 aliphatic rings. The molecule has 3 N–H and O–H groups in total. The molecule has 1 aliphatic heterocycles. The summed E-state index contributed by atoms with van der Waals surface area (Å²) in [6.07, 6.45) is -5.10. The molecular weight excluding hydrogens is 362 g/mol. The number of carbonyl (C=O) groups excluding carboxylic acids is 2. The molecule has 1 aromatic heterocycles. The summed E-state index contributed by atoms with van der Waals surface area (Å²) in [7, 11) is 0. The Kier molecular flexibility index (Phi) is 3.74. The zero-order valence-electron chi connectivity index (χ0n) is 12.9. The summed E-state index contributed by atoms with van der Waals surface area (Å²) in [5.74, 6) is -4.57. The first-order valence-corrected chi connectivity index (χ1v) is 6.97. The molecule has 0 unspecified atom stereocenters. The number of ether oxygens (including phenoxy) is 1. The van der Waals surface area contributed by atoms with Gasteiger partial charge in [0, 0.05) is 12.1 Å². The number of imide groups is 1. The lowest BCUT2D eigenvalue weighted by Crippen LogP contribution is -2.25. The van der Waals surface area contributed by atoms with Crippen LogP contribution in [-0.4, -0.2) is 22.7 Å². The number of halogens is 4. The third kappa shape index (κ3) is 2.76. The Bertz CT molecular complexity index is 1030. The fraction of sp³-hybridized carbons (Fsp3) is 0.133. The summed E-state index contributed by atoms with van der Waals surface area (Å²) >= 11 is 0. The van der Waals surface area contributed by atoms with Gasteiger partial charge in [-0.3, -0.25) is 24.3 Å². The number of rotatable bonds is 2. The number of aromatic nitrogens is 1. The number of nitrogens with one attached hydrogen (secondary N) is 1. The molecule has 2 heterocycles. The Labute approximate surface area is 142 Å². The maximum absolute atomic E-state index is 14.0. The van der Waals surface area contributed by atoms with Crippen LogP contribution in [0.3, 0.4) is 0 Å². The van der Waals surface area contributed by atoms with Crippen molar-refractivity contribution in [1.29, 1.82) is 0 Å². The first kappa shape index (κ1) is 17.5. The number of nitrogens with two attached hydrogens (primary N) is 1. The van der Waals surface area contributed by atoms with Crippen LogP contribution in [0, 0.1) is 12.7 Å². The SMILES string of the molecule is Cc1cc(OC(F)(F)F)c(F)cc1-n1c(N)c2c(cc1=O)C(=O)NC2=O. The maximum atomic E-state index is 14.0. The first-order chi connectivity index (χ1) is 12.0. The minimum atomic E-state index is -5.10. The van der Waals surface area contributed by atoms with Crippen molar-refractivity contribution >= 4 is 17.6 Å². The van der Waals surface area contributed by atoms with Gasteiger partial charge in [-0.15, -0.1) is 13.2 Å². The molecule has 0 bridgehead atoms. The molecule has 0 aliphatic carbocycles. The second-order valence-corrected chi connectivity index (χ2v) is 5.39. The van der Waals surface area contributed by atoms with Gasteiger partial charge in [0.05, 0.1) is 16.8 Å². The molecule has 2 aromatic rings. The normalized spacial score (nSPS) is 13.6. The zero-order valence-corrected chi connectivity index (χ0v) is 12.9. The lowest BCUT2D eigenvalue weighted by atomic mass is 10.1.